The van der Waals surface area contributed by atoms with E-state index in [-0.39, 0.29) is 16.6 Å². The van der Waals surface area contributed by atoms with Crippen molar-refractivity contribution in [3.05, 3.63) is 53.5 Å². The first-order valence-corrected chi connectivity index (χ1v) is 9.35. The molecule has 140 valence electrons. The van der Waals surface area contributed by atoms with Gasteiger partial charge >= 0.3 is 0 Å². The Morgan fingerprint density at radius 2 is 2.04 bits per heavy atom. The van der Waals surface area contributed by atoms with Gasteiger partial charge in [-0.05, 0) is 49.9 Å². The zero-order valence-electron chi connectivity index (χ0n) is 15.1. The van der Waals surface area contributed by atoms with E-state index in [0.29, 0.717) is 17.9 Å². The summed E-state index contributed by atoms with van der Waals surface area (Å²) >= 11 is 0. The van der Waals surface area contributed by atoms with Crippen molar-refractivity contribution in [2.24, 2.45) is 0 Å². The van der Waals surface area contributed by atoms with E-state index in [2.05, 4.69) is 4.72 Å². The van der Waals surface area contributed by atoms with Crippen LogP contribution in [-0.4, -0.2) is 40.4 Å². The molecule has 0 aliphatic rings. The zero-order valence-corrected chi connectivity index (χ0v) is 16.0. The molecule has 7 nitrogen and oxygen atoms in total. The van der Waals surface area contributed by atoms with Crippen LogP contribution in [0.5, 0.6) is 5.75 Å². The van der Waals surface area contributed by atoms with Gasteiger partial charge in [-0.2, -0.15) is 0 Å². The highest BCUT2D eigenvalue weighted by Crippen LogP contribution is 2.25. The number of aryl methyl sites for hydroxylation is 1. The molecular formula is C18H22N2O5S. The first-order valence-electron chi connectivity index (χ1n) is 7.87. The Morgan fingerprint density at radius 1 is 1.31 bits per heavy atom. The van der Waals surface area contributed by atoms with Crippen LogP contribution in [0.1, 0.15) is 17.1 Å². The Bertz CT molecular complexity index is 915. The number of ether oxygens (including phenoxy) is 1. The Morgan fingerprint density at radius 3 is 2.62 bits per heavy atom. The summed E-state index contributed by atoms with van der Waals surface area (Å²) in [5.74, 6) is 1.48. The lowest BCUT2D eigenvalue weighted by Gasteiger charge is -2.13. The average Bonchev–Trinajstić information content (AvgIpc) is 3.04. The summed E-state index contributed by atoms with van der Waals surface area (Å²) in [7, 11) is 0.711. The van der Waals surface area contributed by atoms with Crippen LogP contribution in [0.2, 0.25) is 0 Å². The fourth-order valence-electron chi connectivity index (χ4n) is 2.29. The number of hydrogen-bond acceptors (Lipinski definition) is 5. The van der Waals surface area contributed by atoms with Gasteiger partial charge in [-0.25, -0.2) is 13.1 Å². The van der Waals surface area contributed by atoms with Crippen LogP contribution in [0.25, 0.3) is 6.08 Å². The molecule has 0 radical (unpaired) electrons. The minimum Gasteiger partial charge on any atom is -0.495 e. The first-order chi connectivity index (χ1) is 12.3. The molecule has 1 heterocycles. The number of benzene rings is 1. The van der Waals surface area contributed by atoms with E-state index in [1.54, 1.807) is 25.3 Å². The van der Waals surface area contributed by atoms with Crippen LogP contribution in [0.4, 0.5) is 0 Å². The molecule has 1 N–H and O–H groups in total. The molecule has 0 atom stereocenters. The van der Waals surface area contributed by atoms with Crippen molar-refractivity contribution in [1.29, 1.82) is 0 Å². The SMILES string of the molecule is CNS(=O)(=O)c1cc(/C=C/C(=O)N(C)Cc2ccc(C)o2)ccc1OC. The van der Waals surface area contributed by atoms with Crippen LogP contribution in [0, 0.1) is 6.92 Å². The molecule has 0 aliphatic carbocycles. The fraction of sp³-hybridized carbons (Fsp3) is 0.278. The maximum atomic E-state index is 12.2. The standard InChI is InChI=1S/C18H22N2O5S/c1-13-5-8-15(25-13)12-20(3)18(21)10-7-14-6-9-16(24-4)17(11-14)26(22,23)19-2/h5-11,19H,12H2,1-4H3/b10-7+. The molecule has 0 fully saturated rings. The maximum Gasteiger partial charge on any atom is 0.246 e. The van der Waals surface area contributed by atoms with Gasteiger partial charge < -0.3 is 14.1 Å². The van der Waals surface area contributed by atoms with Gasteiger partial charge in [-0.3, -0.25) is 4.79 Å². The molecule has 0 saturated heterocycles. The van der Waals surface area contributed by atoms with Crippen LogP contribution in [-0.2, 0) is 21.4 Å². The van der Waals surface area contributed by atoms with Crippen molar-refractivity contribution in [3.63, 3.8) is 0 Å². The molecule has 1 aromatic heterocycles. The number of sulfonamides is 1. The molecule has 0 saturated carbocycles. The maximum absolute atomic E-state index is 12.2. The highest BCUT2D eigenvalue weighted by Gasteiger charge is 2.17. The second kappa shape index (κ2) is 8.20. The largest absolute Gasteiger partial charge is 0.495 e. The van der Waals surface area contributed by atoms with E-state index < -0.39 is 10.0 Å². The van der Waals surface area contributed by atoms with E-state index in [1.165, 1.54) is 31.2 Å². The van der Waals surface area contributed by atoms with Crippen LogP contribution in [0.15, 0.2) is 45.7 Å². The quantitative estimate of drug-likeness (QED) is 0.746. The van der Waals surface area contributed by atoms with Crippen molar-refractivity contribution in [3.8, 4) is 5.75 Å². The molecule has 0 aliphatic heterocycles. The number of rotatable bonds is 7. The number of nitrogens with zero attached hydrogens (tertiary/aromatic N) is 1. The van der Waals surface area contributed by atoms with Crippen LogP contribution in [0.3, 0.4) is 0 Å². The van der Waals surface area contributed by atoms with E-state index in [4.69, 9.17) is 9.15 Å². The first kappa shape index (κ1) is 19.7. The lowest BCUT2D eigenvalue weighted by Crippen LogP contribution is -2.23. The molecule has 26 heavy (non-hydrogen) atoms. The van der Waals surface area contributed by atoms with E-state index in [9.17, 15) is 13.2 Å². The third-order valence-corrected chi connectivity index (χ3v) is 5.17. The van der Waals surface area contributed by atoms with Gasteiger partial charge in [0.25, 0.3) is 0 Å². The molecule has 0 spiro atoms. The molecule has 1 aromatic carbocycles. The van der Waals surface area contributed by atoms with Crippen molar-refractivity contribution < 1.29 is 22.4 Å². The summed E-state index contributed by atoms with van der Waals surface area (Å²) in [6.45, 7) is 2.19. The minimum atomic E-state index is -3.67. The second-order valence-electron chi connectivity index (χ2n) is 5.66. The number of furan rings is 1. The molecule has 0 bridgehead atoms. The number of amides is 1. The van der Waals surface area contributed by atoms with E-state index in [1.807, 2.05) is 19.1 Å². The number of methoxy groups -OCH3 is 1. The summed E-state index contributed by atoms with van der Waals surface area (Å²) in [6.07, 6.45) is 2.94. The molecule has 8 heteroatoms. The third-order valence-electron chi connectivity index (χ3n) is 3.73. The monoisotopic (exact) mass is 378 g/mol. The van der Waals surface area contributed by atoms with Gasteiger partial charge in [0, 0.05) is 13.1 Å². The number of carbonyl (C=O) groups excluding carboxylic acids is 1. The second-order valence-corrected chi connectivity index (χ2v) is 7.51. The molecule has 0 unspecified atom stereocenters. The van der Waals surface area contributed by atoms with Crippen molar-refractivity contribution in [2.75, 3.05) is 21.2 Å². The molecule has 2 rings (SSSR count). The van der Waals surface area contributed by atoms with Gasteiger partial charge in [0.05, 0.1) is 13.7 Å². The predicted octanol–water partition coefficient (Wildman–Crippen LogP) is 2.18. The summed E-state index contributed by atoms with van der Waals surface area (Å²) in [5, 5.41) is 0. The topological polar surface area (TPSA) is 88.9 Å². The highest BCUT2D eigenvalue weighted by atomic mass is 32.2. The number of nitrogens with one attached hydrogen (secondary N) is 1. The van der Waals surface area contributed by atoms with Crippen molar-refractivity contribution in [2.45, 2.75) is 18.4 Å². The number of hydrogen-bond donors (Lipinski definition) is 1. The number of carbonyl (C=O) groups is 1. The minimum absolute atomic E-state index is 0.0107. The Kier molecular flexibility index (Phi) is 6.23. The summed E-state index contributed by atoms with van der Waals surface area (Å²) in [6, 6.07) is 8.33. The van der Waals surface area contributed by atoms with Gasteiger partial charge in [0.1, 0.15) is 22.2 Å². The summed E-state index contributed by atoms with van der Waals surface area (Å²) in [5.41, 5.74) is 0.565. The van der Waals surface area contributed by atoms with Gasteiger partial charge in [-0.1, -0.05) is 6.07 Å². The molecule has 2 aromatic rings. The Balaban J connectivity index is 2.16. The van der Waals surface area contributed by atoms with E-state index >= 15 is 0 Å². The molecule has 1 amide bonds. The number of likely N-dealkylation sites (N-methyl/N-ethyl adjacent to an activating group) is 1. The smallest absolute Gasteiger partial charge is 0.246 e. The van der Waals surface area contributed by atoms with Gasteiger partial charge in [-0.15, -0.1) is 0 Å². The lowest BCUT2D eigenvalue weighted by atomic mass is 10.2. The Hall–Kier alpha value is -2.58. The Labute approximate surface area is 153 Å². The zero-order chi connectivity index (χ0) is 19.3. The van der Waals surface area contributed by atoms with Crippen LogP contribution >= 0.6 is 0 Å². The highest BCUT2D eigenvalue weighted by molar-refractivity contribution is 7.89. The van der Waals surface area contributed by atoms with Crippen LogP contribution < -0.4 is 9.46 Å². The molecular weight excluding hydrogens is 356 g/mol. The van der Waals surface area contributed by atoms with E-state index in [0.717, 1.165) is 5.76 Å². The fourth-order valence-corrected chi connectivity index (χ4v) is 3.22. The summed E-state index contributed by atoms with van der Waals surface area (Å²) in [4.78, 5) is 13.7. The lowest BCUT2D eigenvalue weighted by molar-refractivity contribution is -0.125. The van der Waals surface area contributed by atoms with Gasteiger partial charge in [0.15, 0.2) is 0 Å². The normalized spacial score (nSPS) is 11.7. The van der Waals surface area contributed by atoms with Crippen molar-refractivity contribution >= 4 is 22.0 Å². The predicted molar refractivity (Wildman–Crippen MR) is 98.2 cm³/mol. The third kappa shape index (κ3) is 4.74. The summed E-state index contributed by atoms with van der Waals surface area (Å²) < 4.78 is 37.0. The van der Waals surface area contributed by atoms with Crippen molar-refractivity contribution in [1.82, 2.24) is 9.62 Å². The van der Waals surface area contributed by atoms with Gasteiger partial charge in [0.2, 0.25) is 15.9 Å². The average molecular weight is 378 g/mol.